The number of aliphatic carboxylic acids is 1. The molecule has 0 atom stereocenters. The van der Waals surface area contributed by atoms with Gasteiger partial charge in [-0.15, -0.1) is 0 Å². The van der Waals surface area contributed by atoms with Crippen LogP contribution in [0.1, 0.15) is 24.1 Å². The fraction of sp³-hybridized carbons (Fsp3) is 0.148. The van der Waals surface area contributed by atoms with Gasteiger partial charge in [-0.2, -0.15) is 0 Å². The van der Waals surface area contributed by atoms with E-state index in [1.54, 1.807) is 0 Å². The lowest BCUT2D eigenvalue weighted by Crippen LogP contribution is -2.00. The summed E-state index contributed by atoms with van der Waals surface area (Å²) >= 11 is 12.5. The Morgan fingerprint density at radius 3 is 2.25 bits per heavy atom. The van der Waals surface area contributed by atoms with Crippen LogP contribution < -0.4 is 0 Å². The van der Waals surface area contributed by atoms with Crippen LogP contribution in [0.2, 0.25) is 10.0 Å². The van der Waals surface area contributed by atoms with Gasteiger partial charge in [-0.25, -0.2) is 0 Å². The van der Waals surface area contributed by atoms with Crippen molar-refractivity contribution in [2.45, 2.75) is 26.2 Å². The van der Waals surface area contributed by atoms with E-state index < -0.39 is 5.97 Å². The van der Waals surface area contributed by atoms with Crippen molar-refractivity contribution in [3.8, 4) is 28.1 Å². The monoisotopic (exact) mass is 463 g/mol. The highest BCUT2D eigenvalue weighted by atomic mass is 35.5. The number of halogens is 2. The van der Waals surface area contributed by atoms with Crippen LogP contribution in [0.25, 0.3) is 28.1 Å². The number of carbonyl (C=O) groups is 1. The summed E-state index contributed by atoms with van der Waals surface area (Å²) in [7, 11) is 0. The third kappa shape index (κ3) is 4.74. The number of hydrogen-bond donors (Lipinski definition) is 1. The van der Waals surface area contributed by atoms with Crippen molar-refractivity contribution in [1.29, 1.82) is 0 Å². The summed E-state index contributed by atoms with van der Waals surface area (Å²) in [5.74, 6) is -0.760. The number of hydrogen-bond acceptors (Lipinski definition) is 1. The van der Waals surface area contributed by atoms with Crippen LogP contribution in [-0.2, 0) is 11.2 Å². The van der Waals surface area contributed by atoms with Gasteiger partial charge < -0.3 is 9.67 Å². The zero-order chi connectivity index (χ0) is 22.7. The van der Waals surface area contributed by atoms with E-state index in [9.17, 15) is 4.79 Å². The standard InChI is InChI=1S/C27H23Cl2NO2/c1-18-23(20-7-3-2-4-8-20)17-26(21-12-15-24(28)25(29)16-21)30(18)22-13-10-19(11-14-22)6-5-9-27(31)32/h2-4,7-8,10-17H,5-6,9H2,1H3,(H,31,32). The van der Waals surface area contributed by atoms with Gasteiger partial charge in [0, 0.05) is 28.9 Å². The molecule has 0 bridgehead atoms. The SMILES string of the molecule is Cc1c(-c2ccccc2)cc(-c2ccc(Cl)c(Cl)c2)n1-c1ccc(CCCC(=O)O)cc1. The molecule has 0 saturated heterocycles. The lowest BCUT2D eigenvalue weighted by atomic mass is 10.1. The average molecular weight is 464 g/mol. The van der Waals surface area contributed by atoms with Crippen LogP contribution in [0.3, 0.4) is 0 Å². The smallest absolute Gasteiger partial charge is 0.303 e. The Morgan fingerprint density at radius 1 is 0.875 bits per heavy atom. The quantitative estimate of drug-likeness (QED) is 0.303. The van der Waals surface area contributed by atoms with Gasteiger partial charge in [0.05, 0.1) is 15.7 Å². The molecule has 32 heavy (non-hydrogen) atoms. The molecule has 0 saturated carbocycles. The van der Waals surface area contributed by atoms with E-state index in [0.717, 1.165) is 45.7 Å². The highest BCUT2D eigenvalue weighted by Crippen LogP contribution is 2.37. The highest BCUT2D eigenvalue weighted by Gasteiger charge is 2.17. The molecule has 1 N–H and O–H groups in total. The van der Waals surface area contributed by atoms with Gasteiger partial charge >= 0.3 is 5.97 Å². The van der Waals surface area contributed by atoms with Crippen molar-refractivity contribution in [1.82, 2.24) is 4.57 Å². The molecule has 4 rings (SSSR count). The van der Waals surface area contributed by atoms with E-state index in [-0.39, 0.29) is 6.42 Å². The Balaban J connectivity index is 1.78. The van der Waals surface area contributed by atoms with E-state index in [2.05, 4.69) is 54.0 Å². The maximum atomic E-state index is 10.8. The Morgan fingerprint density at radius 2 is 1.59 bits per heavy atom. The first-order valence-electron chi connectivity index (χ1n) is 10.5. The summed E-state index contributed by atoms with van der Waals surface area (Å²) in [6, 6.07) is 26.5. The number of nitrogens with zero attached hydrogens (tertiary/aromatic N) is 1. The molecular weight excluding hydrogens is 441 g/mol. The zero-order valence-corrected chi connectivity index (χ0v) is 19.2. The number of carboxylic acid groups (broad SMARTS) is 1. The van der Waals surface area contributed by atoms with Crippen LogP contribution in [0.4, 0.5) is 0 Å². The zero-order valence-electron chi connectivity index (χ0n) is 17.7. The summed E-state index contributed by atoms with van der Waals surface area (Å²) < 4.78 is 2.23. The molecule has 1 aromatic heterocycles. The highest BCUT2D eigenvalue weighted by molar-refractivity contribution is 6.42. The van der Waals surface area contributed by atoms with Crippen molar-refractivity contribution in [3.05, 3.63) is 100 Å². The molecule has 5 heteroatoms. The van der Waals surface area contributed by atoms with Crippen molar-refractivity contribution in [2.24, 2.45) is 0 Å². The van der Waals surface area contributed by atoms with Gasteiger partial charge in [-0.05, 0) is 61.2 Å². The average Bonchev–Trinajstić information content (AvgIpc) is 3.13. The normalized spacial score (nSPS) is 11.0. The molecule has 0 aliphatic heterocycles. The first-order valence-corrected chi connectivity index (χ1v) is 11.2. The lowest BCUT2D eigenvalue weighted by molar-refractivity contribution is -0.137. The second kappa shape index (κ2) is 9.64. The summed E-state index contributed by atoms with van der Waals surface area (Å²) in [6.07, 6.45) is 1.55. The predicted octanol–water partition coefficient (Wildman–Crippen LogP) is 7.83. The third-order valence-electron chi connectivity index (χ3n) is 5.60. The Kier molecular flexibility index (Phi) is 6.69. The largest absolute Gasteiger partial charge is 0.481 e. The van der Waals surface area contributed by atoms with Gasteiger partial charge in [0.1, 0.15) is 0 Å². The topological polar surface area (TPSA) is 42.2 Å². The number of aryl methyl sites for hydroxylation is 1. The number of benzene rings is 3. The Hall–Kier alpha value is -3.01. The first kappa shape index (κ1) is 22.2. The molecule has 1 heterocycles. The maximum absolute atomic E-state index is 10.8. The van der Waals surface area contributed by atoms with Crippen LogP contribution in [-0.4, -0.2) is 15.6 Å². The van der Waals surface area contributed by atoms with E-state index in [1.165, 1.54) is 0 Å². The molecule has 0 amide bonds. The van der Waals surface area contributed by atoms with E-state index >= 15 is 0 Å². The van der Waals surface area contributed by atoms with Gasteiger partial charge in [0.25, 0.3) is 0 Å². The van der Waals surface area contributed by atoms with Crippen LogP contribution >= 0.6 is 23.2 Å². The summed E-state index contributed by atoms with van der Waals surface area (Å²) in [5.41, 5.74) is 7.59. The number of carboxylic acids is 1. The molecule has 0 radical (unpaired) electrons. The second-order valence-corrected chi connectivity index (χ2v) is 8.59. The first-order chi connectivity index (χ1) is 15.4. The molecule has 0 aliphatic carbocycles. The molecule has 0 fully saturated rings. The third-order valence-corrected chi connectivity index (χ3v) is 6.34. The fourth-order valence-electron chi connectivity index (χ4n) is 3.97. The molecule has 4 aromatic rings. The molecule has 3 nitrogen and oxygen atoms in total. The van der Waals surface area contributed by atoms with Gasteiger partial charge in [-0.3, -0.25) is 4.79 Å². The minimum absolute atomic E-state index is 0.181. The molecule has 0 spiro atoms. The predicted molar refractivity (Wildman–Crippen MR) is 132 cm³/mol. The number of aromatic nitrogens is 1. The van der Waals surface area contributed by atoms with Crippen LogP contribution in [0.5, 0.6) is 0 Å². The van der Waals surface area contributed by atoms with Gasteiger partial charge in [0.15, 0.2) is 0 Å². The van der Waals surface area contributed by atoms with Crippen LogP contribution in [0.15, 0.2) is 78.9 Å². The minimum atomic E-state index is -0.760. The van der Waals surface area contributed by atoms with Crippen molar-refractivity contribution >= 4 is 29.2 Å². The Bertz CT molecular complexity index is 1240. The van der Waals surface area contributed by atoms with Crippen molar-refractivity contribution in [3.63, 3.8) is 0 Å². The van der Waals surface area contributed by atoms with Gasteiger partial charge in [0.2, 0.25) is 0 Å². The summed E-state index contributed by atoms with van der Waals surface area (Å²) in [6.45, 7) is 2.12. The molecule has 0 unspecified atom stereocenters. The van der Waals surface area contributed by atoms with Gasteiger partial charge in [-0.1, -0.05) is 71.7 Å². The molecular formula is C27H23Cl2NO2. The maximum Gasteiger partial charge on any atom is 0.303 e. The minimum Gasteiger partial charge on any atom is -0.481 e. The summed E-state index contributed by atoms with van der Waals surface area (Å²) in [5, 5.41) is 9.91. The fourth-order valence-corrected chi connectivity index (χ4v) is 4.27. The van der Waals surface area contributed by atoms with E-state index in [4.69, 9.17) is 28.3 Å². The number of rotatable bonds is 7. The second-order valence-electron chi connectivity index (χ2n) is 7.77. The van der Waals surface area contributed by atoms with Crippen LogP contribution in [0, 0.1) is 6.92 Å². The Labute approximate surface area is 197 Å². The molecule has 3 aromatic carbocycles. The lowest BCUT2D eigenvalue weighted by Gasteiger charge is -2.14. The van der Waals surface area contributed by atoms with E-state index in [0.29, 0.717) is 16.5 Å². The van der Waals surface area contributed by atoms with Crippen molar-refractivity contribution in [2.75, 3.05) is 0 Å². The molecule has 162 valence electrons. The van der Waals surface area contributed by atoms with Crippen molar-refractivity contribution < 1.29 is 9.90 Å². The van der Waals surface area contributed by atoms with E-state index in [1.807, 2.05) is 36.4 Å². The summed E-state index contributed by atoms with van der Waals surface area (Å²) in [4.78, 5) is 10.8. The molecule has 0 aliphatic rings.